The van der Waals surface area contributed by atoms with Gasteiger partial charge in [0.25, 0.3) is 0 Å². The van der Waals surface area contributed by atoms with Gasteiger partial charge in [0.05, 0.1) is 17.9 Å². The number of nitrogens with two attached hydrogens (primary N) is 1. The number of aryl methyl sites for hydroxylation is 2. The Hall–Kier alpha value is -1.81. The predicted molar refractivity (Wildman–Crippen MR) is 83.8 cm³/mol. The van der Waals surface area contributed by atoms with Crippen LogP contribution in [-0.4, -0.2) is 22.9 Å². The first-order valence-electron chi connectivity index (χ1n) is 7.28. The van der Waals surface area contributed by atoms with Crippen LogP contribution >= 0.6 is 0 Å². The number of aromatic nitrogens is 2. The van der Waals surface area contributed by atoms with E-state index in [1.54, 1.807) is 0 Å². The maximum Gasteiger partial charge on any atom is 0.0599 e. The van der Waals surface area contributed by atoms with Gasteiger partial charge in [0.2, 0.25) is 0 Å². The number of nitrogens with zero attached hydrogens (tertiary/aromatic N) is 3. The molecule has 20 heavy (non-hydrogen) atoms. The first-order valence-corrected chi connectivity index (χ1v) is 7.28. The molecule has 4 nitrogen and oxygen atoms in total. The van der Waals surface area contributed by atoms with Crippen molar-refractivity contribution in [1.82, 2.24) is 9.78 Å². The molecule has 2 N–H and O–H groups in total. The van der Waals surface area contributed by atoms with Gasteiger partial charge in [-0.2, -0.15) is 5.10 Å². The van der Waals surface area contributed by atoms with Crippen LogP contribution in [0, 0.1) is 6.92 Å². The molecule has 1 heterocycles. The summed E-state index contributed by atoms with van der Waals surface area (Å²) in [5, 5.41) is 4.52. The molecule has 2 rings (SSSR count). The molecule has 0 saturated carbocycles. The Morgan fingerprint density at radius 3 is 2.65 bits per heavy atom. The van der Waals surface area contributed by atoms with E-state index in [9.17, 15) is 0 Å². The highest BCUT2D eigenvalue weighted by Gasteiger charge is 2.11. The first kappa shape index (κ1) is 14.6. The van der Waals surface area contributed by atoms with Crippen molar-refractivity contribution >= 4 is 5.69 Å². The fraction of sp³-hybridized carbons (Fsp3) is 0.438. The molecule has 0 aliphatic heterocycles. The van der Waals surface area contributed by atoms with Gasteiger partial charge < -0.3 is 10.6 Å². The van der Waals surface area contributed by atoms with Crippen LogP contribution in [0.3, 0.4) is 0 Å². The molecule has 0 fully saturated rings. The molecule has 108 valence electrons. The number of anilines is 1. The second kappa shape index (κ2) is 7.10. The van der Waals surface area contributed by atoms with Crippen molar-refractivity contribution in [3.05, 3.63) is 47.8 Å². The molecule has 1 aromatic heterocycles. The van der Waals surface area contributed by atoms with Gasteiger partial charge in [-0.3, -0.25) is 4.68 Å². The SMILES string of the molecule is CCn1nc(C)cc1CN(CCCN)c1ccccc1. The lowest BCUT2D eigenvalue weighted by Crippen LogP contribution is -2.27. The Morgan fingerprint density at radius 1 is 1.25 bits per heavy atom. The maximum absolute atomic E-state index is 5.66. The second-order valence-corrected chi connectivity index (χ2v) is 4.99. The normalized spacial score (nSPS) is 10.8. The highest BCUT2D eigenvalue weighted by molar-refractivity contribution is 5.46. The number of hydrogen-bond donors (Lipinski definition) is 1. The van der Waals surface area contributed by atoms with Gasteiger partial charge in [0, 0.05) is 18.8 Å². The van der Waals surface area contributed by atoms with Crippen LogP contribution in [0.4, 0.5) is 5.69 Å². The van der Waals surface area contributed by atoms with E-state index < -0.39 is 0 Å². The minimum atomic E-state index is 0.718. The molecule has 2 aromatic rings. The van der Waals surface area contributed by atoms with Gasteiger partial charge in [0.1, 0.15) is 0 Å². The van der Waals surface area contributed by atoms with Crippen molar-refractivity contribution in [3.63, 3.8) is 0 Å². The van der Waals surface area contributed by atoms with Crippen molar-refractivity contribution in [2.45, 2.75) is 33.4 Å². The molecule has 0 unspecified atom stereocenters. The van der Waals surface area contributed by atoms with Crippen molar-refractivity contribution in [2.24, 2.45) is 5.73 Å². The summed E-state index contributed by atoms with van der Waals surface area (Å²) in [5.74, 6) is 0. The van der Waals surface area contributed by atoms with Crippen LogP contribution in [0.25, 0.3) is 0 Å². The van der Waals surface area contributed by atoms with Crippen molar-refractivity contribution in [3.8, 4) is 0 Å². The molecule has 0 spiro atoms. The minimum absolute atomic E-state index is 0.718. The molecule has 1 aromatic carbocycles. The van der Waals surface area contributed by atoms with E-state index in [4.69, 9.17) is 5.73 Å². The van der Waals surface area contributed by atoms with Gasteiger partial charge in [-0.25, -0.2) is 0 Å². The largest absolute Gasteiger partial charge is 0.366 e. The van der Waals surface area contributed by atoms with Crippen molar-refractivity contribution < 1.29 is 0 Å². The fourth-order valence-electron chi connectivity index (χ4n) is 2.42. The summed E-state index contributed by atoms with van der Waals surface area (Å²) in [6.45, 7) is 7.64. The zero-order valence-electron chi connectivity index (χ0n) is 12.4. The molecule has 4 heteroatoms. The van der Waals surface area contributed by atoms with Crippen molar-refractivity contribution in [2.75, 3.05) is 18.0 Å². The molecular weight excluding hydrogens is 248 g/mol. The molecule has 0 radical (unpaired) electrons. The molecule has 0 atom stereocenters. The third kappa shape index (κ3) is 3.61. The summed E-state index contributed by atoms with van der Waals surface area (Å²) in [6.07, 6.45) is 0.994. The van der Waals surface area contributed by atoms with E-state index in [0.29, 0.717) is 0 Å². The van der Waals surface area contributed by atoms with E-state index in [1.807, 2.05) is 13.0 Å². The standard InChI is InChI=1S/C16H24N4/c1-3-20-16(12-14(2)18-20)13-19(11-7-10-17)15-8-5-4-6-9-15/h4-6,8-9,12H,3,7,10-11,13,17H2,1-2H3. The number of rotatable bonds is 7. The van der Waals surface area contributed by atoms with Gasteiger partial charge in [0.15, 0.2) is 0 Å². The third-order valence-corrected chi connectivity index (χ3v) is 3.39. The van der Waals surface area contributed by atoms with Crippen LogP contribution in [0.1, 0.15) is 24.7 Å². The smallest absolute Gasteiger partial charge is 0.0599 e. The second-order valence-electron chi connectivity index (χ2n) is 4.99. The summed E-state index contributed by atoms with van der Waals surface area (Å²) in [5.41, 5.74) is 9.24. The van der Waals surface area contributed by atoms with E-state index in [1.165, 1.54) is 11.4 Å². The summed E-state index contributed by atoms with van der Waals surface area (Å²) in [6, 6.07) is 12.7. The minimum Gasteiger partial charge on any atom is -0.366 e. The zero-order chi connectivity index (χ0) is 14.4. The van der Waals surface area contributed by atoms with E-state index in [2.05, 4.69) is 51.9 Å². The Bertz CT molecular complexity index is 519. The monoisotopic (exact) mass is 272 g/mol. The molecule has 0 aliphatic rings. The number of hydrogen-bond acceptors (Lipinski definition) is 3. The topological polar surface area (TPSA) is 47.1 Å². The van der Waals surface area contributed by atoms with E-state index >= 15 is 0 Å². The summed E-state index contributed by atoms with van der Waals surface area (Å²) < 4.78 is 2.08. The molecule has 0 saturated heterocycles. The van der Waals surface area contributed by atoms with Crippen LogP contribution < -0.4 is 10.6 Å². The molecule has 0 amide bonds. The molecular formula is C16H24N4. The Balaban J connectivity index is 2.19. The highest BCUT2D eigenvalue weighted by atomic mass is 15.3. The predicted octanol–water partition coefficient (Wildman–Crippen LogP) is 2.57. The Kier molecular flexibility index (Phi) is 5.18. The lowest BCUT2D eigenvalue weighted by molar-refractivity contribution is 0.602. The quantitative estimate of drug-likeness (QED) is 0.842. The van der Waals surface area contributed by atoms with Gasteiger partial charge in [-0.1, -0.05) is 18.2 Å². The van der Waals surface area contributed by atoms with Gasteiger partial charge in [-0.05, 0) is 45.0 Å². The summed E-state index contributed by atoms with van der Waals surface area (Å²) >= 11 is 0. The zero-order valence-corrected chi connectivity index (χ0v) is 12.4. The van der Waals surface area contributed by atoms with Crippen LogP contribution in [0.5, 0.6) is 0 Å². The van der Waals surface area contributed by atoms with Crippen molar-refractivity contribution in [1.29, 1.82) is 0 Å². The number of benzene rings is 1. The van der Waals surface area contributed by atoms with E-state index in [0.717, 1.165) is 38.3 Å². The number of para-hydroxylation sites is 1. The summed E-state index contributed by atoms with van der Waals surface area (Å²) in [4.78, 5) is 2.37. The first-order chi connectivity index (χ1) is 9.74. The molecule has 0 aliphatic carbocycles. The van der Waals surface area contributed by atoms with Crippen LogP contribution in [0.2, 0.25) is 0 Å². The van der Waals surface area contributed by atoms with Crippen LogP contribution in [-0.2, 0) is 13.1 Å². The lowest BCUT2D eigenvalue weighted by Gasteiger charge is -2.25. The Morgan fingerprint density at radius 2 is 2.00 bits per heavy atom. The van der Waals surface area contributed by atoms with E-state index in [-0.39, 0.29) is 0 Å². The lowest BCUT2D eigenvalue weighted by atomic mass is 10.2. The molecule has 0 bridgehead atoms. The fourth-order valence-corrected chi connectivity index (χ4v) is 2.42. The highest BCUT2D eigenvalue weighted by Crippen LogP contribution is 2.17. The van der Waals surface area contributed by atoms with Gasteiger partial charge >= 0.3 is 0 Å². The average molecular weight is 272 g/mol. The Labute approximate surface area is 121 Å². The maximum atomic E-state index is 5.66. The summed E-state index contributed by atoms with van der Waals surface area (Å²) in [7, 11) is 0. The third-order valence-electron chi connectivity index (χ3n) is 3.39. The van der Waals surface area contributed by atoms with Gasteiger partial charge in [-0.15, -0.1) is 0 Å². The average Bonchev–Trinajstić information content (AvgIpc) is 2.84. The van der Waals surface area contributed by atoms with Crippen LogP contribution in [0.15, 0.2) is 36.4 Å².